The fraction of sp³-hybridized carbons (Fsp3) is 0.750. The molecule has 0 aromatic heterocycles. The molecule has 4 aliphatic rings. The Kier molecular flexibility index (Phi) is 4.08. The molecule has 0 bridgehead atoms. The molecule has 0 amide bonds. The second-order valence-electron chi connectivity index (χ2n) is 10.7. The lowest BCUT2D eigenvalue weighted by atomic mass is 9.44. The molecule has 0 heterocycles. The number of ketones is 2. The molecule has 1 N–H and O–H groups in total. The third-order valence-electron chi connectivity index (χ3n) is 9.20. The molecule has 0 unspecified atom stereocenters. The Labute approximate surface area is 163 Å². The third-order valence-corrected chi connectivity index (χ3v) is 9.20. The summed E-state index contributed by atoms with van der Waals surface area (Å²) in [5.41, 5.74) is 1.41. The van der Waals surface area contributed by atoms with Gasteiger partial charge in [0.05, 0.1) is 6.26 Å². The number of hydrogen-bond acceptors (Lipinski definition) is 3. The van der Waals surface area contributed by atoms with Gasteiger partial charge in [0.15, 0.2) is 5.78 Å². The summed E-state index contributed by atoms with van der Waals surface area (Å²) in [6.07, 6.45) is 9.54. The molecule has 4 rings (SSSR count). The normalized spacial score (nSPS) is 47.1. The summed E-state index contributed by atoms with van der Waals surface area (Å²) in [6.45, 7) is 10.5. The van der Waals surface area contributed by atoms with Crippen LogP contribution >= 0.6 is 0 Å². The second-order valence-corrected chi connectivity index (χ2v) is 10.7. The van der Waals surface area contributed by atoms with Crippen molar-refractivity contribution in [2.75, 3.05) is 0 Å². The number of allylic oxidation sites excluding steroid dienone is 3. The molecule has 148 valence electrons. The van der Waals surface area contributed by atoms with E-state index >= 15 is 0 Å². The fourth-order valence-corrected chi connectivity index (χ4v) is 8.06. The first-order valence-corrected chi connectivity index (χ1v) is 10.7. The average Bonchev–Trinajstić information content (AvgIpc) is 2.95. The Balaban J connectivity index is 1.76. The summed E-state index contributed by atoms with van der Waals surface area (Å²) < 4.78 is 0. The van der Waals surface area contributed by atoms with Crippen molar-refractivity contribution in [3.8, 4) is 0 Å². The maximum atomic E-state index is 12.9. The molecule has 3 saturated carbocycles. The van der Waals surface area contributed by atoms with Crippen LogP contribution in [0.2, 0.25) is 0 Å². The van der Waals surface area contributed by atoms with Crippen LogP contribution in [0.1, 0.15) is 73.1 Å². The van der Waals surface area contributed by atoms with Gasteiger partial charge in [-0.3, -0.25) is 9.59 Å². The van der Waals surface area contributed by atoms with Crippen molar-refractivity contribution < 1.29 is 14.7 Å². The molecule has 3 fully saturated rings. The highest BCUT2D eigenvalue weighted by atomic mass is 16.2. The number of carbonyl (C=O) groups excluding carboxylic acids is 2. The number of carbonyl (C=O) groups is 2. The Morgan fingerprint density at radius 1 is 1.15 bits per heavy atom. The Morgan fingerprint density at radius 2 is 1.85 bits per heavy atom. The van der Waals surface area contributed by atoms with Crippen molar-refractivity contribution in [2.24, 2.45) is 39.9 Å². The quantitative estimate of drug-likeness (QED) is 0.381. The van der Waals surface area contributed by atoms with E-state index in [9.17, 15) is 14.7 Å². The van der Waals surface area contributed by atoms with Gasteiger partial charge in [-0.2, -0.15) is 0 Å². The van der Waals surface area contributed by atoms with Gasteiger partial charge in [0.1, 0.15) is 5.78 Å². The lowest BCUT2D eigenvalue weighted by molar-refractivity contribution is -0.130. The minimum absolute atomic E-state index is 0.0650. The maximum Gasteiger partial charge on any atom is 0.171 e. The summed E-state index contributed by atoms with van der Waals surface area (Å²) in [6, 6.07) is 0. The van der Waals surface area contributed by atoms with Crippen molar-refractivity contribution in [3.05, 3.63) is 23.5 Å². The van der Waals surface area contributed by atoms with Crippen LogP contribution in [0.15, 0.2) is 23.5 Å². The Bertz CT molecular complexity index is 758. The molecule has 0 aromatic rings. The number of aliphatic hydroxyl groups excluding tert-OH is 1. The molecule has 3 nitrogen and oxygen atoms in total. The van der Waals surface area contributed by atoms with Gasteiger partial charge < -0.3 is 5.11 Å². The van der Waals surface area contributed by atoms with Crippen LogP contribution in [0, 0.1) is 39.9 Å². The van der Waals surface area contributed by atoms with Gasteiger partial charge in [0.25, 0.3) is 0 Å². The standard InChI is InChI=1S/C24H34O3/c1-14(26)17-7-8-18-16-6-9-20-22(2,3)21(27)15(13-25)12-24(20,5)19(16)10-11-23(17,18)4/h9,13,16-19,25H,6-8,10-12H2,1-5H3/t16-,17+,18-,19-,23+,24+/m0/s1. The van der Waals surface area contributed by atoms with Crippen molar-refractivity contribution in [2.45, 2.75) is 73.1 Å². The minimum atomic E-state index is -0.537. The number of aliphatic hydroxyl groups is 1. The summed E-state index contributed by atoms with van der Waals surface area (Å²) in [5, 5.41) is 9.74. The fourth-order valence-electron chi connectivity index (χ4n) is 8.06. The first-order valence-electron chi connectivity index (χ1n) is 10.7. The first-order chi connectivity index (χ1) is 12.6. The molecule has 0 radical (unpaired) electrons. The second kappa shape index (κ2) is 5.81. The van der Waals surface area contributed by atoms with Crippen LogP contribution in [-0.2, 0) is 9.59 Å². The van der Waals surface area contributed by atoms with E-state index in [1.165, 1.54) is 5.57 Å². The summed E-state index contributed by atoms with van der Waals surface area (Å²) >= 11 is 0. The van der Waals surface area contributed by atoms with E-state index in [1.54, 1.807) is 6.92 Å². The minimum Gasteiger partial charge on any atom is -0.515 e. The number of rotatable bonds is 1. The zero-order valence-corrected chi connectivity index (χ0v) is 17.5. The predicted octanol–water partition coefficient (Wildman–Crippen LogP) is 5.41. The molecule has 0 saturated heterocycles. The first kappa shape index (κ1) is 19.0. The van der Waals surface area contributed by atoms with Crippen molar-refractivity contribution in [1.29, 1.82) is 0 Å². The molecule has 4 aliphatic carbocycles. The smallest absolute Gasteiger partial charge is 0.171 e. The zero-order valence-electron chi connectivity index (χ0n) is 17.5. The van der Waals surface area contributed by atoms with Gasteiger partial charge in [-0.1, -0.05) is 25.5 Å². The zero-order chi connectivity index (χ0) is 19.8. The van der Waals surface area contributed by atoms with E-state index < -0.39 is 5.41 Å². The van der Waals surface area contributed by atoms with Crippen molar-refractivity contribution in [1.82, 2.24) is 0 Å². The van der Waals surface area contributed by atoms with Gasteiger partial charge in [-0.05, 0) is 87.9 Å². The molecule has 3 heteroatoms. The summed E-state index contributed by atoms with van der Waals surface area (Å²) in [7, 11) is 0. The maximum absolute atomic E-state index is 12.9. The highest BCUT2D eigenvalue weighted by molar-refractivity contribution is 6.03. The van der Waals surface area contributed by atoms with Gasteiger partial charge >= 0.3 is 0 Å². The summed E-state index contributed by atoms with van der Waals surface area (Å²) in [4.78, 5) is 25.2. The Morgan fingerprint density at radius 3 is 2.48 bits per heavy atom. The van der Waals surface area contributed by atoms with Crippen LogP contribution in [0.3, 0.4) is 0 Å². The van der Waals surface area contributed by atoms with Crippen molar-refractivity contribution >= 4 is 11.6 Å². The van der Waals surface area contributed by atoms with Crippen LogP contribution < -0.4 is 0 Å². The molecule has 0 spiro atoms. The van der Waals surface area contributed by atoms with Gasteiger partial charge in [-0.25, -0.2) is 0 Å². The lowest BCUT2D eigenvalue weighted by Gasteiger charge is -2.59. The number of hydrogen-bond donors (Lipinski definition) is 1. The van der Waals surface area contributed by atoms with Gasteiger partial charge in [-0.15, -0.1) is 0 Å². The molecule has 0 aliphatic heterocycles. The monoisotopic (exact) mass is 370 g/mol. The van der Waals surface area contributed by atoms with E-state index in [4.69, 9.17) is 0 Å². The topological polar surface area (TPSA) is 54.4 Å². The SMILES string of the molecule is CC(=O)[C@H]1CC[C@H]2[C@@H]3CC=C4C(C)(C)C(=O)C(=CO)C[C@]4(C)[C@H]3CC[C@]12C. The summed E-state index contributed by atoms with van der Waals surface area (Å²) in [5.74, 6) is 2.38. The molecule has 27 heavy (non-hydrogen) atoms. The molecule has 0 aromatic carbocycles. The Hall–Kier alpha value is -1.38. The highest BCUT2D eigenvalue weighted by Gasteiger charge is 2.62. The number of Topliss-reactive ketones (excluding diaryl/α,β-unsaturated/α-hetero) is 2. The van der Waals surface area contributed by atoms with Crippen LogP contribution in [0.5, 0.6) is 0 Å². The largest absolute Gasteiger partial charge is 0.515 e. The molecule has 6 atom stereocenters. The third kappa shape index (κ3) is 2.32. The highest BCUT2D eigenvalue weighted by Crippen LogP contribution is 2.68. The van der Waals surface area contributed by atoms with Gasteiger partial charge in [0, 0.05) is 16.9 Å². The molecular formula is C24H34O3. The van der Waals surface area contributed by atoms with E-state index in [1.807, 2.05) is 13.8 Å². The van der Waals surface area contributed by atoms with Crippen molar-refractivity contribution in [3.63, 3.8) is 0 Å². The van der Waals surface area contributed by atoms with Gasteiger partial charge in [0.2, 0.25) is 0 Å². The lowest BCUT2D eigenvalue weighted by Crippen LogP contribution is -2.54. The van der Waals surface area contributed by atoms with E-state index in [0.29, 0.717) is 35.5 Å². The number of fused-ring (bicyclic) bond motifs is 5. The van der Waals surface area contributed by atoms with E-state index in [-0.39, 0.29) is 22.5 Å². The predicted molar refractivity (Wildman–Crippen MR) is 106 cm³/mol. The van der Waals surface area contributed by atoms with Crippen LogP contribution in [-0.4, -0.2) is 16.7 Å². The van der Waals surface area contributed by atoms with E-state index in [0.717, 1.165) is 38.4 Å². The molecular weight excluding hydrogens is 336 g/mol. The van der Waals surface area contributed by atoms with E-state index in [2.05, 4.69) is 19.9 Å². The van der Waals surface area contributed by atoms with Crippen LogP contribution in [0.4, 0.5) is 0 Å². The van der Waals surface area contributed by atoms with Crippen LogP contribution in [0.25, 0.3) is 0 Å². The average molecular weight is 371 g/mol.